The number of anilines is 1. The number of aromatic nitrogens is 1. The topological polar surface area (TPSA) is 42.0 Å². The number of halogens is 3. The van der Waals surface area contributed by atoms with Crippen LogP contribution in [0.2, 0.25) is 15.1 Å². The van der Waals surface area contributed by atoms with Crippen LogP contribution in [0.15, 0.2) is 53.6 Å². The van der Waals surface area contributed by atoms with Crippen molar-refractivity contribution in [3.8, 4) is 0 Å². The third-order valence-electron chi connectivity index (χ3n) is 3.36. The summed E-state index contributed by atoms with van der Waals surface area (Å²) >= 11 is 20.8. The van der Waals surface area contributed by atoms with Crippen LogP contribution in [0.5, 0.6) is 0 Å². The van der Waals surface area contributed by atoms with Crippen LogP contribution >= 0.6 is 57.9 Å². The van der Waals surface area contributed by atoms with Crippen molar-refractivity contribution in [1.82, 2.24) is 4.98 Å². The van der Waals surface area contributed by atoms with Gasteiger partial charge in [-0.3, -0.25) is 4.79 Å². The van der Waals surface area contributed by atoms with Crippen LogP contribution in [0.4, 0.5) is 5.13 Å². The number of thioether (sulfide) groups is 1. The minimum atomic E-state index is -0.102. The molecule has 0 spiro atoms. The number of carbonyl (C=O) groups is 1. The predicted octanol–water partition coefficient (Wildman–Crippen LogP) is 6.42. The maximum absolute atomic E-state index is 12.1. The molecule has 0 aliphatic carbocycles. The number of amides is 1. The summed E-state index contributed by atoms with van der Waals surface area (Å²) in [5.74, 6) is 0.204. The first-order valence-electron chi connectivity index (χ1n) is 7.56. The highest BCUT2D eigenvalue weighted by atomic mass is 35.5. The van der Waals surface area contributed by atoms with Gasteiger partial charge in [-0.15, -0.1) is 23.1 Å². The second-order valence-corrected chi connectivity index (χ2v) is 8.78. The van der Waals surface area contributed by atoms with E-state index in [0.29, 0.717) is 32.4 Å². The van der Waals surface area contributed by atoms with Crippen LogP contribution in [0.25, 0.3) is 0 Å². The average Bonchev–Trinajstić information content (AvgIpc) is 3.04. The normalized spacial score (nSPS) is 10.7. The van der Waals surface area contributed by atoms with Crippen LogP contribution in [-0.2, 0) is 11.2 Å². The third kappa shape index (κ3) is 5.63. The zero-order valence-electron chi connectivity index (χ0n) is 13.3. The molecule has 1 N–H and O–H groups in total. The number of hydrogen-bond donors (Lipinski definition) is 1. The molecule has 1 heterocycles. The van der Waals surface area contributed by atoms with E-state index in [-0.39, 0.29) is 5.91 Å². The molecule has 134 valence electrons. The standard InChI is InChI=1S/C18H13Cl3N2OS2/c19-12-3-5-14(6-4-12)25-10-17(24)23-18-22-9-15(26-18)7-11-1-2-13(20)8-16(11)21/h1-6,8-9H,7,10H2,(H,22,23,24). The van der Waals surface area contributed by atoms with Crippen LogP contribution in [0.3, 0.4) is 0 Å². The molecule has 3 nitrogen and oxygen atoms in total. The molecule has 0 aliphatic rings. The summed E-state index contributed by atoms with van der Waals surface area (Å²) in [6.45, 7) is 0. The van der Waals surface area contributed by atoms with Crippen LogP contribution in [-0.4, -0.2) is 16.6 Å². The van der Waals surface area contributed by atoms with Crippen molar-refractivity contribution in [2.45, 2.75) is 11.3 Å². The van der Waals surface area contributed by atoms with Crippen LogP contribution < -0.4 is 5.32 Å². The average molecular weight is 444 g/mol. The number of nitrogens with zero attached hydrogens (tertiary/aromatic N) is 1. The first-order chi connectivity index (χ1) is 12.5. The van der Waals surface area contributed by atoms with E-state index in [0.717, 1.165) is 15.3 Å². The molecule has 1 aromatic heterocycles. The Hall–Kier alpha value is -1.24. The summed E-state index contributed by atoms with van der Waals surface area (Å²) in [7, 11) is 0. The Morgan fingerprint density at radius 1 is 1.08 bits per heavy atom. The van der Waals surface area contributed by atoms with Gasteiger partial charge in [-0.05, 0) is 42.0 Å². The highest BCUT2D eigenvalue weighted by Gasteiger charge is 2.10. The molecule has 2 aromatic carbocycles. The molecular weight excluding hydrogens is 431 g/mol. The lowest BCUT2D eigenvalue weighted by Gasteiger charge is -2.03. The third-order valence-corrected chi connectivity index (χ3v) is 6.13. The van der Waals surface area contributed by atoms with Crippen LogP contribution in [0, 0.1) is 0 Å². The summed E-state index contributed by atoms with van der Waals surface area (Å²) in [5, 5.41) is 5.30. The highest BCUT2D eigenvalue weighted by Crippen LogP contribution is 2.27. The molecule has 3 aromatic rings. The molecule has 0 saturated heterocycles. The molecule has 0 bridgehead atoms. The first-order valence-corrected chi connectivity index (χ1v) is 10.5. The molecule has 26 heavy (non-hydrogen) atoms. The van der Waals surface area contributed by atoms with Crippen molar-refractivity contribution < 1.29 is 4.79 Å². The van der Waals surface area contributed by atoms with E-state index in [9.17, 15) is 4.79 Å². The fraction of sp³-hybridized carbons (Fsp3) is 0.111. The number of hydrogen-bond acceptors (Lipinski definition) is 4. The van der Waals surface area contributed by atoms with Gasteiger partial charge >= 0.3 is 0 Å². The molecule has 0 saturated carbocycles. The second-order valence-electron chi connectivity index (χ2n) is 5.34. The molecule has 3 rings (SSSR count). The largest absolute Gasteiger partial charge is 0.301 e. The Morgan fingerprint density at radius 2 is 1.81 bits per heavy atom. The van der Waals surface area contributed by atoms with Gasteiger partial charge in [0.2, 0.25) is 5.91 Å². The molecule has 0 atom stereocenters. The molecule has 0 radical (unpaired) electrons. The minimum Gasteiger partial charge on any atom is -0.301 e. The summed E-state index contributed by atoms with van der Waals surface area (Å²) in [6, 6.07) is 12.8. The first kappa shape index (κ1) is 19.5. The van der Waals surface area contributed by atoms with Gasteiger partial charge < -0.3 is 5.32 Å². The van der Waals surface area contributed by atoms with E-state index >= 15 is 0 Å². The van der Waals surface area contributed by atoms with Crippen molar-refractivity contribution >= 4 is 68.9 Å². The SMILES string of the molecule is O=C(CSc1ccc(Cl)cc1)Nc1ncc(Cc2ccc(Cl)cc2Cl)s1. The van der Waals surface area contributed by atoms with Crippen molar-refractivity contribution in [2.75, 3.05) is 11.1 Å². The molecule has 8 heteroatoms. The number of rotatable bonds is 6. The highest BCUT2D eigenvalue weighted by molar-refractivity contribution is 8.00. The molecule has 0 aliphatic heterocycles. The smallest absolute Gasteiger partial charge is 0.236 e. The van der Waals surface area contributed by atoms with Gasteiger partial charge in [-0.1, -0.05) is 40.9 Å². The Morgan fingerprint density at radius 3 is 2.54 bits per heavy atom. The van der Waals surface area contributed by atoms with Crippen molar-refractivity contribution in [2.24, 2.45) is 0 Å². The fourth-order valence-corrected chi connectivity index (χ4v) is 4.29. The lowest BCUT2D eigenvalue weighted by molar-refractivity contribution is -0.113. The Balaban J connectivity index is 1.54. The molecular formula is C18H13Cl3N2OS2. The maximum atomic E-state index is 12.1. The van der Waals surface area contributed by atoms with Crippen LogP contribution in [0.1, 0.15) is 10.4 Å². The number of carbonyl (C=O) groups excluding carboxylic acids is 1. The predicted molar refractivity (Wildman–Crippen MR) is 112 cm³/mol. The van der Waals surface area contributed by atoms with Crippen molar-refractivity contribution in [3.05, 3.63) is 74.2 Å². The van der Waals surface area contributed by atoms with Gasteiger partial charge in [-0.25, -0.2) is 4.98 Å². The Labute approximate surface area is 174 Å². The lowest BCUT2D eigenvalue weighted by Crippen LogP contribution is -2.13. The monoisotopic (exact) mass is 442 g/mol. The number of thiazole rings is 1. The quantitative estimate of drug-likeness (QED) is 0.447. The molecule has 0 fully saturated rings. The van der Waals surface area contributed by atoms with Gasteiger partial charge in [0.05, 0.1) is 5.75 Å². The van der Waals surface area contributed by atoms with Gasteiger partial charge in [-0.2, -0.15) is 0 Å². The number of benzene rings is 2. The zero-order valence-corrected chi connectivity index (χ0v) is 17.2. The minimum absolute atomic E-state index is 0.102. The summed E-state index contributed by atoms with van der Waals surface area (Å²) in [6.07, 6.45) is 2.39. The Kier molecular flexibility index (Phi) is 6.84. The zero-order chi connectivity index (χ0) is 18.5. The van der Waals surface area contributed by atoms with Gasteiger partial charge in [0.25, 0.3) is 0 Å². The fourth-order valence-electron chi connectivity index (χ4n) is 2.13. The van der Waals surface area contributed by atoms with Gasteiger partial charge in [0.1, 0.15) is 0 Å². The van der Waals surface area contributed by atoms with E-state index in [1.807, 2.05) is 18.2 Å². The van der Waals surface area contributed by atoms with Crippen molar-refractivity contribution in [3.63, 3.8) is 0 Å². The maximum Gasteiger partial charge on any atom is 0.236 e. The van der Waals surface area contributed by atoms with E-state index in [4.69, 9.17) is 34.8 Å². The number of nitrogens with one attached hydrogen (secondary N) is 1. The van der Waals surface area contributed by atoms with E-state index < -0.39 is 0 Å². The summed E-state index contributed by atoms with van der Waals surface area (Å²) in [5.41, 5.74) is 0.968. The molecule has 0 unspecified atom stereocenters. The summed E-state index contributed by atoms with van der Waals surface area (Å²) < 4.78 is 0. The van der Waals surface area contributed by atoms with E-state index in [2.05, 4.69) is 10.3 Å². The second kappa shape index (κ2) is 9.11. The Bertz CT molecular complexity index is 913. The lowest BCUT2D eigenvalue weighted by atomic mass is 10.1. The van der Waals surface area contributed by atoms with E-state index in [1.165, 1.54) is 23.1 Å². The van der Waals surface area contributed by atoms with Gasteiger partial charge in [0, 0.05) is 37.5 Å². The van der Waals surface area contributed by atoms with Crippen molar-refractivity contribution in [1.29, 1.82) is 0 Å². The molecule has 1 amide bonds. The summed E-state index contributed by atoms with van der Waals surface area (Å²) in [4.78, 5) is 18.3. The van der Waals surface area contributed by atoms with E-state index in [1.54, 1.807) is 30.5 Å². The van der Waals surface area contributed by atoms with Gasteiger partial charge in [0.15, 0.2) is 5.13 Å².